The van der Waals surface area contributed by atoms with Crippen LogP contribution in [0.4, 0.5) is 0 Å². The zero-order valence-corrected chi connectivity index (χ0v) is 19.8. The van der Waals surface area contributed by atoms with Gasteiger partial charge in [-0.15, -0.1) is 0 Å². The molecule has 0 atom stereocenters. The molecular formula is C31H27O2P. The van der Waals surface area contributed by atoms with Gasteiger partial charge in [-0.3, -0.25) is 0 Å². The fourth-order valence-electron chi connectivity index (χ4n) is 4.64. The van der Waals surface area contributed by atoms with Gasteiger partial charge in [0.2, 0.25) is 0 Å². The molecule has 0 aliphatic heterocycles. The Morgan fingerprint density at radius 3 is 1.18 bits per heavy atom. The van der Waals surface area contributed by atoms with Crippen molar-refractivity contribution in [2.45, 2.75) is 6.61 Å². The Hall–Kier alpha value is -3.71. The molecule has 0 aliphatic carbocycles. The van der Waals surface area contributed by atoms with Crippen molar-refractivity contribution in [3.8, 4) is 11.5 Å². The van der Waals surface area contributed by atoms with E-state index in [1.807, 2.05) is 24.3 Å². The zero-order valence-electron chi connectivity index (χ0n) is 18.8. The van der Waals surface area contributed by atoms with E-state index in [1.165, 1.54) is 21.2 Å². The molecule has 0 fully saturated rings. The minimum atomic E-state index is -2.51. The van der Waals surface area contributed by atoms with E-state index in [2.05, 4.69) is 115 Å². The first kappa shape index (κ1) is 22.1. The fourth-order valence-corrected chi connectivity index (χ4v) is 9.38. The van der Waals surface area contributed by atoms with Crippen LogP contribution < -0.4 is 26.0 Å². The standard InChI is InChI=1S/C31H27O2P/c32-24-25-16-18-26(19-17-25)33-27-20-22-31(23-21-27)34(28-10-4-1-5-11-28,29-12-6-2-7-13-29)30-14-8-3-9-15-30/h1-23,32,34H,24H2. The third-order valence-corrected chi connectivity index (χ3v) is 11.0. The number of aliphatic hydroxyl groups is 1. The molecule has 0 aromatic heterocycles. The number of rotatable bonds is 7. The molecule has 2 nitrogen and oxygen atoms in total. The van der Waals surface area contributed by atoms with E-state index in [0.29, 0.717) is 0 Å². The topological polar surface area (TPSA) is 29.5 Å². The van der Waals surface area contributed by atoms with Crippen LogP contribution in [-0.2, 0) is 6.61 Å². The average molecular weight is 463 g/mol. The number of benzene rings is 5. The van der Waals surface area contributed by atoms with Crippen LogP contribution in [0.25, 0.3) is 0 Å². The van der Waals surface area contributed by atoms with Crippen LogP contribution in [0.5, 0.6) is 11.5 Å². The van der Waals surface area contributed by atoms with E-state index in [0.717, 1.165) is 17.1 Å². The van der Waals surface area contributed by atoms with Crippen LogP contribution in [0.3, 0.4) is 0 Å². The number of aliphatic hydroxyl groups excluding tert-OH is 1. The van der Waals surface area contributed by atoms with Crippen molar-refractivity contribution in [1.29, 1.82) is 0 Å². The second-order valence-electron chi connectivity index (χ2n) is 8.28. The normalized spacial score (nSPS) is 11.7. The molecule has 5 aromatic carbocycles. The third kappa shape index (κ3) is 4.26. The van der Waals surface area contributed by atoms with Crippen molar-refractivity contribution in [3.05, 3.63) is 145 Å². The summed E-state index contributed by atoms with van der Waals surface area (Å²) in [7, 11) is -2.51. The molecule has 0 radical (unpaired) electrons. The van der Waals surface area contributed by atoms with E-state index in [9.17, 15) is 5.11 Å². The van der Waals surface area contributed by atoms with Gasteiger partial charge in [-0.1, -0.05) is 0 Å². The summed E-state index contributed by atoms with van der Waals surface area (Å²) in [5.74, 6) is 1.54. The Morgan fingerprint density at radius 2 is 0.794 bits per heavy atom. The van der Waals surface area contributed by atoms with Crippen LogP contribution in [0, 0.1) is 0 Å². The number of hydrogen-bond acceptors (Lipinski definition) is 2. The molecule has 0 unspecified atom stereocenters. The molecule has 0 amide bonds. The molecule has 168 valence electrons. The molecule has 5 rings (SSSR count). The monoisotopic (exact) mass is 462 g/mol. The second-order valence-corrected chi connectivity index (χ2v) is 12.1. The van der Waals surface area contributed by atoms with Gasteiger partial charge < -0.3 is 0 Å². The molecule has 5 aromatic rings. The molecule has 3 heteroatoms. The quantitative estimate of drug-likeness (QED) is 0.332. The molecule has 0 saturated heterocycles. The Kier molecular flexibility index (Phi) is 6.53. The third-order valence-electron chi connectivity index (χ3n) is 6.25. The zero-order chi connectivity index (χ0) is 23.2. The summed E-state index contributed by atoms with van der Waals surface area (Å²) in [5.41, 5.74) is 0.868. The van der Waals surface area contributed by atoms with Gasteiger partial charge in [0.05, 0.1) is 0 Å². The molecule has 34 heavy (non-hydrogen) atoms. The molecule has 0 bridgehead atoms. The van der Waals surface area contributed by atoms with Gasteiger partial charge in [0, 0.05) is 0 Å². The second kappa shape index (κ2) is 10.1. The maximum absolute atomic E-state index is 9.27. The molecule has 0 spiro atoms. The molecule has 0 aliphatic rings. The van der Waals surface area contributed by atoms with Crippen molar-refractivity contribution < 1.29 is 9.84 Å². The van der Waals surface area contributed by atoms with Gasteiger partial charge in [-0.2, -0.15) is 0 Å². The van der Waals surface area contributed by atoms with Crippen molar-refractivity contribution in [3.63, 3.8) is 0 Å². The summed E-state index contributed by atoms with van der Waals surface area (Å²) < 4.78 is 6.10. The average Bonchev–Trinajstić information content (AvgIpc) is 2.92. The van der Waals surface area contributed by atoms with Crippen LogP contribution in [0.15, 0.2) is 140 Å². The number of hydrogen-bond donors (Lipinski definition) is 1. The van der Waals surface area contributed by atoms with E-state index < -0.39 is 7.26 Å². The van der Waals surface area contributed by atoms with Gasteiger partial charge in [-0.25, -0.2) is 0 Å². The summed E-state index contributed by atoms with van der Waals surface area (Å²) in [6.45, 7) is 0.0279. The Bertz CT molecular complexity index is 1220. The van der Waals surface area contributed by atoms with Gasteiger partial charge in [0.25, 0.3) is 0 Å². The van der Waals surface area contributed by atoms with Crippen LogP contribution in [-0.4, -0.2) is 5.11 Å². The predicted molar refractivity (Wildman–Crippen MR) is 145 cm³/mol. The molecule has 0 saturated carbocycles. The van der Waals surface area contributed by atoms with E-state index in [1.54, 1.807) is 0 Å². The summed E-state index contributed by atoms with van der Waals surface area (Å²) in [6.07, 6.45) is 0. The SMILES string of the molecule is OCc1ccc(Oc2ccc([PH](c3ccccc3)(c3ccccc3)c3ccccc3)cc2)cc1. The van der Waals surface area contributed by atoms with Gasteiger partial charge in [-0.05, 0) is 0 Å². The van der Waals surface area contributed by atoms with E-state index >= 15 is 0 Å². The van der Waals surface area contributed by atoms with Crippen molar-refractivity contribution in [1.82, 2.24) is 0 Å². The van der Waals surface area contributed by atoms with Gasteiger partial charge >= 0.3 is 202 Å². The molecular weight excluding hydrogens is 435 g/mol. The van der Waals surface area contributed by atoms with Crippen LogP contribution in [0.2, 0.25) is 0 Å². The Balaban J connectivity index is 1.63. The van der Waals surface area contributed by atoms with E-state index in [-0.39, 0.29) is 6.61 Å². The predicted octanol–water partition coefficient (Wildman–Crippen LogP) is 5.32. The van der Waals surface area contributed by atoms with E-state index in [4.69, 9.17) is 4.74 Å². The Morgan fingerprint density at radius 1 is 0.441 bits per heavy atom. The first-order valence-corrected chi connectivity index (χ1v) is 13.5. The molecule has 1 N–H and O–H groups in total. The minimum absolute atomic E-state index is 0.0279. The van der Waals surface area contributed by atoms with Gasteiger partial charge in [0.15, 0.2) is 0 Å². The van der Waals surface area contributed by atoms with Crippen LogP contribution >= 0.6 is 7.26 Å². The first-order valence-electron chi connectivity index (χ1n) is 11.5. The summed E-state index contributed by atoms with van der Waals surface area (Å²) in [5, 5.41) is 14.6. The van der Waals surface area contributed by atoms with Crippen LogP contribution in [0.1, 0.15) is 5.56 Å². The van der Waals surface area contributed by atoms with Crippen molar-refractivity contribution in [2.75, 3.05) is 0 Å². The summed E-state index contributed by atoms with van der Waals surface area (Å²) in [4.78, 5) is 0. The Labute approximate surface area is 201 Å². The summed E-state index contributed by atoms with van der Waals surface area (Å²) in [6, 6.07) is 48.7. The maximum atomic E-state index is 9.27. The fraction of sp³-hybridized carbons (Fsp3) is 0.0323. The molecule has 0 heterocycles. The van der Waals surface area contributed by atoms with Crippen molar-refractivity contribution >= 4 is 28.5 Å². The van der Waals surface area contributed by atoms with Crippen molar-refractivity contribution in [2.24, 2.45) is 0 Å². The summed E-state index contributed by atoms with van der Waals surface area (Å²) >= 11 is 0. The first-order chi connectivity index (χ1) is 16.8. The number of ether oxygens (including phenoxy) is 1. The van der Waals surface area contributed by atoms with Gasteiger partial charge in [0.1, 0.15) is 0 Å².